The highest BCUT2D eigenvalue weighted by Gasteiger charge is 2.25. The molecule has 2 rings (SSSR count). The zero-order valence-electron chi connectivity index (χ0n) is 12.0. The van der Waals surface area contributed by atoms with E-state index in [1.165, 1.54) is 0 Å². The molecule has 1 saturated heterocycles. The number of nitrogens with one attached hydrogen (secondary N) is 2. The number of piperidine rings is 1. The number of carbonyl (C=O) groups is 1. The molecule has 1 amide bonds. The summed E-state index contributed by atoms with van der Waals surface area (Å²) in [6.45, 7) is 4.13. The fraction of sp³-hybridized carbons (Fsp3) is 0.643. The Labute approximate surface area is 125 Å². The van der Waals surface area contributed by atoms with Gasteiger partial charge in [-0.15, -0.1) is 12.4 Å². The largest absolute Gasteiger partial charge is 0.464 e. The van der Waals surface area contributed by atoms with Gasteiger partial charge in [0.25, 0.3) is 0 Å². The Hall–Kier alpha value is -1.04. The summed E-state index contributed by atoms with van der Waals surface area (Å²) in [5.74, 6) is 1.78. The van der Waals surface area contributed by atoms with E-state index in [4.69, 9.17) is 9.15 Å². The Bertz CT molecular complexity index is 416. The van der Waals surface area contributed by atoms with Crippen molar-refractivity contribution >= 4 is 18.3 Å². The van der Waals surface area contributed by atoms with E-state index in [-0.39, 0.29) is 30.3 Å². The maximum absolute atomic E-state index is 12.2. The molecule has 1 aromatic heterocycles. The van der Waals surface area contributed by atoms with Gasteiger partial charge in [-0.1, -0.05) is 0 Å². The number of hydrogen-bond donors (Lipinski definition) is 2. The zero-order valence-corrected chi connectivity index (χ0v) is 12.8. The minimum absolute atomic E-state index is 0. The number of carbonyl (C=O) groups excluding carboxylic acids is 1. The van der Waals surface area contributed by atoms with E-state index in [0.29, 0.717) is 6.61 Å². The van der Waals surface area contributed by atoms with Gasteiger partial charge in [-0.2, -0.15) is 0 Å². The maximum atomic E-state index is 12.2. The highest BCUT2D eigenvalue weighted by Crippen LogP contribution is 2.19. The average molecular weight is 303 g/mol. The molecule has 1 atom stereocenters. The van der Waals surface area contributed by atoms with Gasteiger partial charge in [-0.05, 0) is 45.0 Å². The maximum Gasteiger partial charge on any atom is 0.223 e. The molecular weight excluding hydrogens is 280 g/mol. The minimum Gasteiger partial charge on any atom is -0.464 e. The molecule has 0 bridgehead atoms. The van der Waals surface area contributed by atoms with Crippen LogP contribution >= 0.6 is 12.4 Å². The number of furan rings is 1. The molecule has 5 nitrogen and oxygen atoms in total. The van der Waals surface area contributed by atoms with Crippen LogP contribution in [0.1, 0.15) is 30.4 Å². The molecular formula is C14H23ClN2O3. The van der Waals surface area contributed by atoms with Gasteiger partial charge in [-0.3, -0.25) is 4.79 Å². The van der Waals surface area contributed by atoms with Crippen LogP contribution in [0.15, 0.2) is 16.5 Å². The summed E-state index contributed by atoms with van der Waals surface area (Å²) in [5.41, 5.74) is 0. The van der Waals surface area contributed by atoms with Crippen LogP contribution in [0, 0.1) is 12.8 Å². The van der Waals surface area contributed by atoms with Gasteiger partial charge in [0.1, 0.15) is 17.6 Å². The Balaban J connectivity index is 0.00000200. The van der Waals surface area contributed by atoms with Gasteiger partial charge in [0.05, 0.1) is 6.61 Å². The van der Waals surface area contributed by atoms with Gasteiger partial charge in [0.2, 0.25) is 5.91 Å². The number of amides is 1. The standard InChI is InChI=1S/C14H22N2O3.ClH/c1-10-3-4-13(19-10)12(9-18-2)16-14(17)11-5-7-15-8-6-11;/h3-4,11-12,15H,5-9H2,1-2H3,(H,16,17);1H. The van der Waals surface area contributed by atoms with Crippen LogP contribution in [0.3, 0.4) is 0 Å². The first kappa shape index (κ1) is 17.0. The lowest BCUT2D eigenvalue weighted by Crippen LogP contribution is -2.40. The number of hydrogen-bond acceptors (Lipinski definition) is 4. The summed E-state index contributed by atoms with van der Waals surface area (Å²) in [6, 6.07) is 3.58. The molecule has 1 aliphatic heterocycles. The minimum atomic E-state index is -0.207. The molecule has 1 aliphatic rings. The molecule has 1 aromatic rings. The fourth-order valence-electron chi connectivity index (χ4n) is 2.38. The normalized spacial score (nSPS) is 17.3. The van der Waals surface area contributed by atoms with Gasteiger partial charge in [0, 0.05) is 13.0 Å². The predicted molar refractivity (Wildman–Crippen MR) is 79.0 cm³/mol. The van der Waals surface area contributed by atoms with Crippen LogP contribution in [-0.4, -0.2) is 32.7 Å². The summed E-state index contributed by atoms with van der Waals surface area (Å²) in [5, 5.41) is 6.29. The second kappa shape index (κ2) is 8.29. The highest BCUT2D eigenvalue weighted by molar-refractivity contribution is 5.85. The van der Waals surface area contributed by atoms with E-state index in [1.54, 1.807) is 7.11 Å². The monoisotopic (exact) mass is 302 g/mol. The second-order valence-corrected chi connectivity index (χ2v) is 4.99. The Kier molecular flexibility index (Phi) is 7.05. The van der Waals surface area contributed by atoms with Crippen LogP contribution < -0.4 is 10.6 Å². The summed E-state index contributed by atoms with van der Waals surface area (Å²) in [6.07, 6.45) is 1.78. The fourth-order valence-corrected chi connectivity index (χ4v) is 2.38. The van der Waals surface area contributed by atoms with Crippen LogP contribution in [0.5, 0.6) is 0 Å². The molecule has 20 heavy (non-hydrogen) atoms. The molecule has 0 saturated carbocycles. The topological polar surface area (TPSA) is 63.5 Å². The van der Waals surface area contributed by atoms with E-state index >= 15 is 0 Å². The molecule has 1 unspecified atom stereocenters. The summed E-state index contributed by atoms with van der Waals surface area (Å²) < 4.78 is 10.7. The molecule has 2 N–H and O–H groups in total. The Morgan fingerprint density at radius 1 is 1.50 bits per heavy atom. The predicted octanol–water partition coefficient (Wildman–Crippen LogP) is 1.81. The van der Waals surface area contributed by atoms with Gasteiger partial charge >= 0.3 is 0 Å². The van der Waals surface area contributed by atoms with E-state index in [1.807, 2.05) is 19.1 Å². The van der Waals surface area contributed by atoms with Crippen molar-refractivity contribution in [2.45, 2.75) is 25.8 Å². The zero-order chi connectivity index (χ0) is 13.7. The van der Waals surface area contributed by atoms with Crippen molar-refractivity contribution in [1.29, 1.82) is 0 Å². The first-order valence-electron chi connectivity index (χ1n) is 6.77. The lowest BCUT2D eigenvalue weighted by molar-refractivity contribution is -0.127. The Morgan fingerprint density at radius 2 is 2.20 bits per heavy atom. The van der Waals surface area contributed by atoms with Crippen LogP contribution in [0.4, 0.5) is 0 Å². The molecule has 1 fully saturated rings. The smallest absolute Gasteiger partial charge is 0.223 e. The number of ether oxygens (including phenoxy) is 1. The third-order valence-electron chi connectivity index (χ3n) is 3.46. The van der Waals surface area contributed by atoms with Crippen molar-refractivity contribution in [3.05, 3.63) is 23.7 Å². The average Bonchev–Trinajstić information content (AvgIpc) is 2.86. The third-order valence-corrected chi connectivity index (χ3v) is 3.46. The van der Waals surface area contributed by atoms with E-state index < -0.39 is 0 Å². The number of rotatable bonds is 5. The lowest BCUT2D eigenvalue weighted by atomic mass is 9.97. The summed E-state index contributed by atoms with van der Waals surface area (Å²) >= 11 is 0. The molecule has 0 radical (unpaired) electrons. The van der Waals surface area contributed by atoms with Crippen molar-refractivity contribution in [3.63, 3.8) is 0 Å². The second-order valence-electron chi connectivity index (χ2n) is 4.99. The van der Waals surface area contributed by atoms with Crippen molar-refractivity contribution < 1.29 is 13.9 Å². The van der Waals surface area contributed by atoms with Crippen molar-refractivity contribution in [2.24, 2.45) is 5.92 Å². The quantitative estimate of drug-likeness (QED) is 0.871. The van der Waals surface area contributed by atoms with Crippen LogP contribution in [0.25, 0.3) is 0 Å². The molecule has 0 spiro atoms. The highest BCUT2D eigenvalue weighted by atomic mass is 35.5. The number of methoxy groups -OCH3 is 1. The van der Waals surface area contributed by atoms with Crippen molar-refractivity contribution in [1.82, 2.24) is 10.6 Å². The van der Waals surface area contributed by atoms with E-state index in [2.05, 4.69) is 10.6 Å². The molecule has 6 heteroatoms. The van der Waals surface area contributed by atoms with Crippen molar-refractivity contribution in [3.8, 4) is 0 Å². The molecule has 2 heterocycles. The molecule has 0 aliphatic carbocycles. The van der Waals surface area contributed by atoms with Gasteiger partial charge in [0.15, 0.2) is 0 Å². The van der Waals surface area contributed by atoms with E-state index in [9.17, 15) is 4.79 Å². The van der Waals surface area contributed by atoms with E-state index in [0.717, 1.165) is 37.5 Å². The molecule has 114 valence electrons. The summed E-state index contributed by atoms with van der Waals surface area (Å²) in [7, 11) is 1.62. The lowest BCUT2D eigenvalue weighted by Gasteiger charge is -2.24. The number of halogens is 1. The summed E-state index contributed by atoms with van der Waals surface area (Å²) in [4.78, 5) is 12.2. The number of aryl methyl sites for hydroxylation is 1. The van der Waals surface area contributed by atoms with Crippen LogP contribution in [-0.2, 0) is 9.53 Å². The van der Waals surface area contributed by atoms with Gasteiger partial charge in [-0.25, -0.2) is 0 Å². The van der Waals surface area contributed by atoms with Gasteiger partial charge < -0.3 is 19.8 Å². The van der Waals surface area contributed by atoms with Crippen molar-refractivity contribution in [2.75, 3.05) is 26.8 Å². The SMILES string of the molecule is COCC(NC(=O)C1CCNCC1)c1ccc(C)o1.Cl. The van der Waals surface area contributed by atoms with Crippen LogP contribution in [0.2, 0.25) is 0 Å². The first-order valence-corrected chi connectivity index (χ1v) is 6.77. The third kappa shape index (κ3) is 4.51. The first-order chi connectivity index (χ1) is 9.20. The Morgan fingerprint density at radius 3 is 2.75 bits per heavy atom. The molecule has 0 aromatic carbocycles.